The Morgan fingerprint density at radius 3 is 1.97 bits per heavy atom. The van der Waals surface area contributed by atoms with Crippen LogP contribution in [0.25, 0.3) is 0 Å². The highest BCUT2D eigenvalue weighted by molar-refractivity contribution is 7.99. The monoisotopic (exact) mass is 513 g/mol. The van der Waals surface area contributed by atoms with Gasteiger partial charge in [0, 0.05) is 44.0 Å². The van der Waals surface area contributed by atoms with Crippen molar-refractivity contribution >= 4 is 29.3 Å². The van der Waals surface area contributed by atoms with Crippen LogP contribution < -0.4 is 4.90 Å². The van der Waals surface area contributed by atoms with E-state index in [0.717, 1.165) is 56.0 Å². The summed E-state index contributed by atoms with van der Waals surface area (Å²) >= 11 is 1.90. The van der Waals surface area contributed by atoms with Crippen molar-refractivity contribution < 1.29 is 9.59 Å². The second kappa shape index (κ2) is 11.5. The Bertz CT molecular complexity index is 1170. The van der Waals surface area contributed by atoms with Crippen LogP contribution in [0.1, 0.15) is 30.9 Å². The summed E-state index contributed by atoms with van der Waals surface area (Å²) < 4.78 is 0. The number of nitrogens with zero attached hydrogens (tertiary/aromatic N) is 3. The quantitative estimate of drug-likeness (QED) is 0.296. The molecule has 2 fully saturated rings. The summed E-state index contributed by atoms with van der Waals surface area (Å²) in [6.45, 7) is 7.52. The number of thioether (sulfide) groups is 1. The molecule has 0 bridgehead atoms. The van der Waals surface area contributed by atoms with Crippen molar-refractivity contribution in [1.82, 2.24) is 9.80 Å². The average molecular weight is 514 g/mol. The molecule has 6 heteroatoms. The zero-order valence-corrected chi connectivity index (χ0v) is 22.3. The van der Waals surface area contributed by atoms with E-state index < -0.39 is 5.41 Å². The Hall–Kier alpha value is -3.09. The molecule has 2 aliphatic heterocycles. The molecule has 2 saturated heterocycles. The van der Waals surface area contributed by atoms with Gasteiger partial charge < -0.3 is 4.90 Å². The van der Waals surface area contributed by atoms with Crippen molar-refractivity contribution in [1.29, 1.82) is 0 Å². The van der Waals surface area contributed by atoms with E-state index >= 15 is 0 Å². The van der Waals surface area contributed by atoms with Crippen molar-refractivity contribution in [2.24, 2.45) is 0 Å². The van der Waals surface area contributed by atoms with Crippen molar-refractivity contribution in [3.05, 3.63) is 96.1 Å². The Morgan fingerprint density at radius 1 is 0.757 bits per heavy atom. The Labute approximate surface area is 224 Å². The zero-order chi connectivity index (χ0) is 25.7. The van der Waals surface area contributed by atoms with Gasteiger partial charge in [0.15, 0.2) is 0 Å². The van der Waals surface area contributed by atoms with Gasteiger partial charge in [0.1, 0.15) is 5.41 Å². The maximum absolute atomic E-state index is 13.9. The number of likely N-dealkylation sites (tertiary alicyclic amines) is 1. The predicted octanol–water partition coefficient (Wildman–Crippen LogP) is 5.06. The fourth-order valence-corrected chi connectivity index (χ4v) is 6.52. The highest BCUT2D eigenvalue weighted by Crippen LogP contribution is 2.42. The van der Waals surface area contributed by atoms with Gasteiger partial charge in [-0.3, -0.25) is 19.4 Å². The van der Waals surface area contributed by atoms with Gasteiger partial charge in [-0.1, -0.05) is 79.7 Å². The molecular formula is C31H35N3O2S. The van der Waals surface area contributed by atoms with Gasteiger partial charge >= 0.3 is 0 Å². The summed E-state index contributed by atoms with van der Waals surface area (Å²) in [6, 6.07) is 28.2. The second-order valence-corrected chi connectivity index (χ2v) is 11.1. The van der Waals surface area contributed by atoms with Crippen LogP contribution >= 0.6 is 11.8 Å². The summed E-state index contributed by atoms with van der Waals surface area (Å²) in [6.07, 6.45) is 0.979. The summed E-state index contributed by atoms with van der Waals surface area (Å²) in [7, 11) is 0. The molecule has 0 saturated carbocycles. The third-order valence-electron chi connectivity index (χ3n) is 7.60. The summed E-state index contributed by atoms with van der Waals surface area (Å²) in [4.78, 5) is 34.9. The summed E-state index contributed by atoms with van der Waals surface area (Å²) in [5.74, 6) is 0.901. The third kappa shape index (κ3) is 5.18. The van der Waals surface area contributed by atoms with E-state index in [1.165, 1.54) is 15.5 Å². The van der Waals surface area contributed by atoms with E-state index in [0.29, 0.717) is 6.54 Å². The number of anilines is 1. The first-order valence-electron chi connectivity index (χ1n) is 13.3. The lowest BCUT2D eigenvalue weighted by Crippen LogP contribution is -2.47. The summed E-state index contributed by atoms with van der Waals surface area (Å²) in [5, 5.41) is 0. The van der Waals surface area contributed by atoms with Crippen LogP contribution in [0.4, 0.5) is 5.69 Å². The number of imide groups is 1. The molecule has 0 aliphatic carbocycles. The van der Waals surface area contributed by atoms with Crippen molar-refractivity contribution in [3.63, 3.8) is 0 Å². The second-order valence-electron chi connectivity index (χ2n) is 9.75. The third-order valence-corrected chi connectivity index (χ3v) is 8.54. The summed E-state index contributed by atoms with van der Waals surface area (Å²) in [5.41, 5.74) is 2.18. The number of carbonyl (C=O) groups excluding carboxylic acids is 2. The first-order valence-corrected chi connectivity index (χ1v) is 14.3. The van der Waals surface area contributed by atoms with E-state index in [2.05, 4.69) is 41.0 Å². The standard InChI is InChI=1S/C31H35N3O2S/c1-2-37-28-17-10-9-16-27(28)33-22-20-32(21-23-33)18-11-19-34-29(35)24-31(30(34)36,25-12-5-3-6-13-25)26-14-7-4-8-15-26/h3-10,12-17H,2,11,18-24H2,1H3. The molecule has 2 heterocycles. The molecule has 0 aromatic heterocycles. The molecule has 0 radical (unpaired) electrons. The van der Waals surface area contributed by atoms with Crippen molar-refractivity contribution in [2.45, 2.75) is 30.1 Å². The SMILES string of the molecule is CCSc1ccccc1N1CCN(CCCN2C(=O)CC(c3ccccc3)(c3ccccc3)C2=O)CC1. The minimum Gasteiger partial charge on any atom is -0.368 e. The lowest BCUT2D eigenvalue weighted by atomic mass is 9.73. The van der Waals surface area contributed by atoms with Gasteiger partial charge in [-0.05, 0) is 42.0 Å². The molecular weight excluding hydrogens is 478 g/mol. The fourth-order valence-electron chi connectivity index (χ4n) is 5.69. The zero-order valence-electron chi connectivity index (χ0n) is 21.5. The number of amides is 2. The van der Waals surface area contributed by atoms with E-state index in [-0.39, 0.29) is 18.2 Å². The van der Waals surface area contributed by atoms with Gasteiger partial charge in [-0.15, -0.1) is 11.8 Å². The normalized spacial score (nSPS) is 18.0. The lowest BCUT2D eigenvalue weighted by Gasteiger charge is -2.37. The molecule has 192 valence electrons. The average Bonchev–Trinajstić information content (AvgIpc) is 3.21. The van der Waals surface area contributed by atoms with Crippen molar-refractivity contribution in [2.75, 3.05) is 49.9 Å². The molecule has 5 rings (SSSR count). The maximum atomic E-state index is 13.9. The smallest absolute Gasteiger partial charge is 0.244 e. The van der Waals surface area contributed by atoms with Crippen LogP contribution in [0.5, 0.6) is 0 Å². The number of piperazine rings is 1. The topological polar surface area (TPSA) is 43.9 Å². The van der Waals surface area contributed by atoms with Crippen LogP contribution in [-0.2, 0) is 15.0 Å². The largest absolute Gasteiger partial charge is 0.368 e. The van der Waals surface area contributed by atoms with Crippen LogP contribution in [0.3, 0.4) is 0 Å². The van der Waals surface area contributed by atoms with Gasteiger partial charge in [0.25, 0.3) is 0 Å². The van der Waals surface area contributed by atoms with Crippen LogP contribution in [0, 0.1) is 0 Å². The van der Waals surface area contributed by atoms with Gasteiger partial charge in [-0.25, -0.2) is 0 Å². The van der Waals surface area contributed by atoms with Crippen molar-refractivity contribution in [3.8, 4) is 0 Å². The number of carbonyl (C=O) groups is 2. The van der Waals surface area contributed by atoms with Gasteiger partial charge in [-0.2, -0.15) is 0 Å². The molecule has 0 spiro atoms. The molecule has 0 N–H and O–H groups in total. The first-order chi connectivity index (χ1) is 18.1. The molecule has 37 heavy (non-hydrogen) atoms. The first kappa shape index (κ1) is 25.6. The van der Waals surface area contributed by atoms with Crippen LogP contribution in [-0.4, -0.2) is 66.6 Å². The van der Waals surface area contributed by atoms with E-state index in [1.54, 1.807) is 0 Å². The van der Waals surface area contributed by atoms with Crippen LogP contribution in [0.2, 0.25) is 0 Å². The maximum Gasteiger partial charge on any atom is 0.244 e. The number of rotatable bonds is 9. The lowest BCUT2D eigenvalue weighted by molar-refractivity contribution is -0.139. The molecule has 0 atom stereocenters. The Morgan fingerprint density at radius 2 is 1.35 bits per heavy atom. The minimum atomic E-state index is -0.935. The number of benzene rings is 3. The number of hydrogen-bond donors (Lipinski definition) is 0. The fraction of sp³-hybridized carbons (Fsp3) is 0.355. The highest BCUT2D eigenvalue weighted by Gasteiger charge is 2.53. The minimum absolute atomic E-state index is 0.0763. The number of hydrogen-bond acceptors (Lipinski definition) is 5. The van der Waals surface area contributed by atoms with Crippen LogP contribution in [0.15, 0.2) is 89.8 Å². The molecule has 3 aromatic rings. The van der Waals surface area contributed by atoms with Gasteiger partial charge in [0.05, 0.1) is 5.69 Å². The Kier molecular flexibility index (Phi) is 7.96. The predicted molar refractivity (Wildman–Crippen MR) is 151 cm³/mol. The molecule has 2 amide bonds. The molecule has 2 aliphatic rings. The van der Waals surface area contributed by atoms with E-state index in [1.807, 2.05) is 72.4 Å². The molecule has 5 nitrogen and oxygen atoms in total. The highest BCUT2D eigenvalue weighted by atomic mass is 32.2. The van der Waals surface area contributed by atoms with Gasteiger partial charge in [0.2, 0.25) is 11.8 Å². The van der Waals surface area contributed by atoms with E-state index in [9.17, 15) is 9.59 Å². The molecule has 3 aromatic carbocycles. The van der Waals surface area contributed by atoms with E-state index in [4.69, 9.17) is 0 Å². The Balaban J connectivity index is 1.21. The molecule has 0 unspecified atom stereocenters. The number of para-hydroxylation sites is 1.